The van der Waals surface area contributed by atoms with Crippen LogP contribution in [0.2, 0.25) is 0 Å². The topological polar surface area (TPSA) is 132 Å². The molecule has 0 heterocycles. The first-order chi connectivity index (χ1) is 30.8. The third-order valence-electron chi connectivity index (χ3n) is 10.9. The van der Waals surface area contributed by atoms with Crippen molar-refractivity contribution in [1.82, 2.24) is 0 Å². The van der Waals surface area contributed by atoms with Gasteiger partial charge in [0.05, 0.1) is 26.4 Å². The zero-order chi connectivity index (χ0) is 46.0. The van der Waals surface area contributed by atoms with Gasteiger partial charge in [-0.15, -0.1) is 0 Å². The van der Waals surface area contributed by atoms with Crippen LogP contribution in [0.25, 0.3) is 0 Å². The number of carbonyl (C=O) groups excluding carboxylic acids is 1. The van der Waals surface area contributed by atoms with Crippen molar-refractivity contribution in [3.05, 3.63) is 60.8 Å². The third kappa shape index (κ3) is 49.4. The highest BCUT2D eigenvalue weighted by Gasteiger charge is 2.26. The predicted molar refractivity (Wildman–Crippen MR) is 265 cm³/mol. The van der Waals surface area contributed by atoms with E-state index in [1.54, 1.807) is 0 Å². The second kappa shape index (κ2) is 49.6. The smallest absolute Gasteiger partial charge is 0.457 e. The highest BCUT2D eigenvalue weighted by Crippen LogP contribution is 2.43. The number of hydrogen-bond acceptors (Lipinski definition) is 8. The molecule has 0 aromatic carbocycles. The fourth-order valence-corrected chi connectivity index (χ4v) is 7.77. The van der Waals surface area contributed by atoms with E-state index in [1.165, 1.54) is 128 Å². The first-order valence-corrected chi connectivity index (χ1v) is 27.3. The Kier molecular flexibility index (Phi) is 48.1. The number of esters is 1. The lowest BCUT2D eigenvalue weighted by molar-refractivity contribution is -0.154. The first kappa shape index (κ1) is 61.2. The van der Waals surface area contributed by atoms with Crippen LogP contribution < -0.4 is 0 Å². The van der Waals surface area contributed by atoms with E-state index in [9.17, 15) is 19.4 Å². The largest absolute Gasteiger partial charge is 0.472 e. The van der Waals surface area contributed by atoms with Crippen LogP contribution in [0, 0.1) is 0 Å². The summed E-state index contributed by atoms with van der Waals surface area (Å²) in [6.07, 6.45) is 59.0. The molecule has 0 aromatic heterocycles. The number of carbonyl (C=O) groups is 1. The zero-order valence-corrected chi connectivity index (χ0v) is 41.4. The van der Waals surface area contributed by atoms with Gasteiger partial charge in [0.15, 0.2) is 0 Å². The van der Waals surface area contributed by atoms with Crippen molar-refractivity contribution in [2.24, 2.45) is 0 Å². The zero-order valence-electron chi connectivity index (χ0n) is 40.5. The van der Waals surface area contributed by atoms with Gasteiger partial charge in [-0.2, -0.15) is 0 Å². The Morgan fingerprint density at radius 3 is 1.30 bits per heavy atom. The molecule has 0 spiro atoms. The molecule has 0 aromatic rings. The summed E-state index contributed by atoms with van der Waals surface area (Å²) in [6, 6.07) is 0. The van der Waals surface area contributed by atoms with Crippen LogP contribution in [0.15, 0.2) is 60.8 Å². The lowest BCUT2D eigenvalue weighted by Crippen LogP contribution is -2.29. The van der Waals surface area contributed by atoms with Crippen molar-refractivity contribution < 1.29 is 43.0 Å². The fourth-order valence-electron chi connectivity index (χ4n) is 6.98. The molecule has 0 fully saturated rings. The van der Waals surface area contributed by atoms with Crippen LogP contribution in [-0.4, -0.2) is 66.3 Å². The van der Waals surface area contributed by atoms with E-state index in [4.69, 9.17) is 23.6 Å². The SMILES string of the molecule is CCCCCC/C=C\C/C=C\CCCCCCCCCC(=O)OC(COCCCCCCCCCCC/C=C\C/C=C\C/C=C\CCCCCCC)COP(=O)(O)OCC(O)CO. The van der Waals surface area contributed by atoms with E-state index in [0.29, 0.717) is 6.61 Å². The monoisotopic (exact) mass is 909 g/mol. The van der Waals surface area contributed by atoms with E-state index in [1.807, 2.05) is 0 Å². The standard InChI is InChI=1S/C53H97O9P/c1-3-5-7-9-11-13-15-17-19-21-23-24-25-26-27-28-30-32-34-36-38-40-42-44-46-59-49-52(50-61-63(57,58)60-48-51(55)47-54)62-53(56)45-43-41-39-37-35-33-31-29-22-20-18-16-14-12-10-8-6-4-2/h14-17,20-23,25-26,51-52,54-55H,3-13,18-19,24,27-50H2,1-2H3,(H,57,58)/b16-14-,17-15-,22-20-,23-21-,26-25-. The van der Waals surface area contributed by atoms with Crippen molar-refractivity contribution in [2.75, 3.05) is 33.0 Å². The summed E-state index contributed by atoms with van der Waals surface area (Å²) in [6.45, 7) is 3.48. The Morgan fingerprint density at radius 1 is 0.492 bits per heavy atom. The number of aliphatic hydroxyl groups is 2. The molecule has 3 atom stereocenters. The van der Waals surface area contributed by atoms with Crippen molar-refractivity contribution in [2.45, 2.75) is 238 Å². The Balaban J connectivity index is 4.10. The molecule has 10 heteroatoms. The summed E-state index contributed by atoms with van der Waals surface area (Å²) < 4.78 is 33.5. The molecule has 3 unspecified atom stereocenters. The summed E-state index contributed by atoms with van der Waals surface area (Å²) in [5.41, 5.74) is 0. The minimum absolute atomic E-state index is 0.0405. The van der Waals surface area contributed by atoms with Gasteiger partial charge in [0.2, 0.25) is 0 Å². The third-order valence-corrected chi connectivity index (χ3v) is 11.9. The molecule has 0 bridgehead atoms. The number of phosphoric ester groups is 1. The average Bonchev–Trinajstić information content (AvgIpc) is 3.28. The van der Waals surface area contributed by atoms with Crippen LogP contribution >= 0.6 is 7.82 Å². The number of phosphoric acid groups is 1. The number of ether oxygens (including phenoxy) is 2. The maximum atomic E-state index is 12.7. The lowest BCUT2D eigenvalue weighted by atomic mass is 10.1. The van der Waals surface area contributed by atoms with Crippen LogP contribution in [0.4, 0.5) is 0 Å². The Hall–Kier alpha value is -1.84. The Bertz CT molecular complexity index is 1170. The summed E-state index contributed by atoms with van der Waals surface area (Å²) in [7, 11) is -4.53. The van der Waals surface area contributed by atoms with Gasteiger partial charge in [-0.1, -0.05) is 197 Å². The van der Waals surface area contributed by atoms with E-state index in [0.717, 1.165) is 77.0 Å². The van der Waals surface area contributed by atoms with Gasteiger partial charge in [0.25, 0.3) is 0 Å². The van der Waals surface area contributed by atoms with Gasteiger partial charge in [0, 0.05) is 13.0 Å². The minimum Gasteiger partial charge on any atom is -0.457 e. The summed E-state index contributed by atoms with van der Waals surface area (Å²) >= 11 is 0. The van der Waals surface area contributed by atoms with Gasteiger partial charge in [-0.25, -0.2) is 4.57 Å². The average molecular weight is 909 g/mol. The Labute approximate surface area is 387 Å². The first-order valence-electron chi connectivity index (χ1n) is 25.8. The van der Waals surface area contributed by atoms with Gasteiger partial charge < -0.3 is 24.6 Å². The minimum atomic E-state index is -4.53. The van der Waals surface area contributed by atoms with Gasteiger partial charge in [-0.3, -0.25) is 13.8 Å². The Morgan fingerprint density at radius 2 is 0.857 bits per heavy atom. The van der Waals surface area contributed by atoms with Crippen molar-refractivity contribution in [1.29, 1.82) is 0 Å². The number of rotatable bonds is 49. The van der Waals surface area contributed by atoms with Crippen LogP contribution in [-0.2, 0) is 27.9 Å². The fraction of sp³-hybridized carbons (Fsp3) is 0.792. The molecule has 0 saturated carbocycles. The molecular weight excluding hydrogens is 812 g/mol. The molecule has 0 saturated heterocycles. The van der Waals surface area contributed by atoms with Gasteiger partial charge in [0.1, 0.15) is 12.2 Å². The summed E-state index contributed by atoms with van der Waals surface area (Å²) in [5, 5.41) is 18.4. The molecule has 0 aliphatic rings. The molecule has 63 heavy (non-hydrogen) atoms. The second-order valence-corrected chi connectivity index (χ2v) is 18.6. The molecule has 0 radical (unpaired) electrons. The molecule has 0 aliphatic carbocycles. The summed E-state index contributed by atoms with van der Waals surface area (Å²) in [5.74, 6) is -0.392. The van der Waals surface area contributed by atoms with Gasteiger partial charge >= 0.3 is 13.8 Å². The number of unbranched alkanes of at least 4 members (excludes halogenated alkanes) is 25. The predicted octanol–water partition coefficient (Wildman–Crippen LogP) is 15.1. The van der Waals surface area contributed by atoms with E-state index in [2.05, 4.69) is 74.6 Å². The normalized spacial score (nSPS) is 14.3. The van der Waals surface area contributed by atoms with Crippen LogP contribution in [0.5, 0.6) is 0 Å². The molecule has 9 nitrogen and oxygen atoms in total. The molecule has 368 valence electrons. The van der Waals surface area contributed by atoms with Crippen LogP contribution in [0.3, 0.4) is 0 Å². The van der Waals surface area contributed by atoms with Crippen LogP contribution in [0.1, 0.15) is 226 Å². The maximum Gasteiger partial charge on any atom is 0.472 e. The highest BCUT2D eigenvalue weighted by molar-refractivity contribution is 7.47. The van der Waals surface area contributed by atoms with Crippen molar-refractivity contribution >= 4 is 13.8 Å². The van der Waals surface area contributed by atoms with Crippen molar-refractivity contribution in [3.63, 3.8) is 0 Å². The molecular formula is C53H97O9P. The molecule has 0 rings (SSSR count). The molecule has 0 amide bonds. The quantitative estimate of drug-likeness (QED) is 0.0236. The van der Waals surface area contributed by atoms with E-state index < -0.39 is 39.2 Å². The highest BCUT2D eigenvalue weighted by atomic mass is 31.2. The number of allylic oxidation sites excluding steroid dienone is 10. The van der Waals surface area contributed by atoms with E-state index in [-0.39, 0.29) is 19.6 Å². The lowest BCUT2D eigenvalue weighted by Gasteiger charge is -2.20. The number of aliphatic hydroxyl groups excluding tert-OH is 2. The molecule has 0 aliphatic heterocycles. The number of hydrogen-bond donors (Lipinski definition) is 3. The molecule has 3 N–H and O–H groups in total. The van der Waals surface area contributed by atoms with E-state index >= 15 is 0 Å². The van der Waals surface area contributed by atoms with Crippen molar-refractivity contribution in [3.8, 4) is 0 Å². The second-order valence-electron chi connectivity index (χ2n) is 17.2. The summed E-state index contributed by atoms with van der Waals surface area (Å²) in [4.78, 5) is 22.7. The maximum absolute atomic E-state index is 12.7. The van der Waals surface area contributed by atoms with Gasteiger partial charge in [-0.05, 0) is 83.5 Å².